The predicted molar refractivity (Wildman–Crippen MR) is 120 cm³/mol. The highest BCUT2D eigenvalue weighted by Crippen LogP contribution is 2.40. The number of nitrogens with zero attached hydrogens (tertiary/aromatic N) is 2. The van der Waals surface area contributed by atoms with Gasteiger partial charge in [-0.2, -0.15) is 0 Å². The van der Waals surface area contributed by atoms with Crippen LogP contribution < -0.4 is 10.2 Å². The average Bonchev–Trinajstić information content (AvgIpc) is 3.07. The highest BCUT2D eigenvalue weighted by molar-refractivity contribution is 6.35. The molecule has 2 heterocycles. The van der Waals surface area contributed by atoms with Gasteiger partial charge in [-0.15, -0.1) is 0 Å². The summed E-state index contributed by atoms with van der Waals surface area (Å²) in [5.74, 6) is 0.0697. The quantitative estimate of drug-likeness (QED) is 0.735. The zero-order valence-corrected chi connectivity index (χ0v) is 18.4. The molecule has 2 aliphatic heterocycles. The lowest BCUT2D eigenvalue weighted by Gasteiger charge is -2.36. The highest BCUT2D eigenvalue weighted by Gasteiger charge is 2.36. The molecular formula is C23H27Cl2N3O. The van der Waals surface area contributed by atoms with Crippen molar-refractivity contribution in [1.82, 2.24) is 10.2 Å². The van der Waals surface area contributed by atoms with E-state index in [1.807, 2.05) is 24.3 Å². The third-order valence-electron chi connectivity index (χ3n) is 6.01. The minimum Gasteiger partial charge on any atom is -0.351 e. The van der Waals surface area contributed by atoms with Gasteiger partial charge in [0.05, 0.1) is 0 Å². The molecule has 1 N–H and O–H groups in total. The van der Waals surface area contributed by atoms with Crippen LogP contribution in [0.4, 0.5) is 11.4 Å². The Balaban J connectivity index is 1.55. The number of carbonyl (C=O) groups is 1. The van der Waals surface area contributed by atoms with E-state index in [4.69, 9.17) is 23.2 Å². The Kier molecular flexibility index (Phi) is 6.05. The molecule has 0 bridgehead atoms. The number of amides is 1. The normalized spacial score (nSPS) is 20.2. The number of para-hydroxylation sites is 1. The number of nitrogens with one attached hydrogen (secondary N) is 1. The Hall–Kier alpha value is -1.75. The number of rotatable bonds is 4. The largest absolute Gasteiger partial charge is 0.351 e. The second-order valence-corrected chi connectivity index (χ2v) is 9.13. The van der Waals surface area contributed by atoms with Crippen LogP contribution in [0.1, 0.15) is 32.3 Å². The Labute approximate surface area is 182 Å². The van der Waals surface area contributed by atoms with Crippen LogP contribution in [0.2, 0.25) is 10.0 Å². The van der Waals surface area contributed by atoms with E-state index < -0.39 is 0 Å². The summed E-state index contributed by atoms with van der Waals surface area (Å²) >= 11 is 12.5. The number of benzene rings is 2. The maximum atomic E-state index is 13.3. The number of piperidine rings is 1. The molecule has 4 rings (SSSR count). The third-order valence-corrected chi connectivity index (χ3v) is 6.45. The zero-order valence-electron chi connectivity index (χ0n) is 16.9. The van der Waals surface area contributed by atoms with Crippen molar-refractivity contribution in [2.75, 3.05) is 18.0 Å². The molecule has 4 nitrogen and oxygen atoms in total. The van der Waals surface area contributed by atoms with Gasteiger partial charge in [0, 0.05) is 53.0 Å². The molecule has 1 unspecified atom stereocenters. The van der Waals surface area contributed by atoms with Crippen LogP contribution in [0.15, 0.2) is 42.5 Å². The van der Waals surface area contributed by atoms with E-state index in [2.05, 4.69) is 41.1 Å². The molecule has 1 atom stereocenters. The monoisotopic (exact) mass is 431 g/mol. The van der Waals surface area contributed by atoms with Crippen LogP contribution in [-0.2, 0) is 11.2 Å². The van der Waals surface area contributed by atoms with E-state index in [0.717, 1.165) is 37.3 Å². The number of fused-ring (bicyclic) bond motifs is 1. The molecule has 1 amide bonds. The smallest absolute Gasteiger partial charge is 0.243 e. The highest BCUT2D eigenvalue weighted by atomic mass is 35.5. The molecule has 2 aromatic carbocycles. The van der Waals surface area contributed by atoms with Crippen molar-refractivity contribution < 1.29 is 4.79 Å². The molecule has 2 aliphatic rings. The number of halogens is 2. The molecule has 0 spiro atoms. The van der Waals surface area contributed by atoms with Gasteiger partial charge in [-0.05, 0) is 56.5 Å². The maximum Gasteiger partial charge on any atom is 0.243 e. The topological polar surface area (TPSA) is 35.6 Å². The summed E-state index contributed by atoms with van der Waals surface area (Å²) in [7, 11) is 0. The summed E-state index contributed by atoms with van der Waals surface area (Å²) in [6.07, 6.45) is 2.66. The SMILES string of the molecule is CC(C)N1CCC(NC(=O)C2Cc3ccccc3N2c2cc(Cl)cc(Cl)c2)CC1. The van der Waals surface area contributed by atoms with Crippen LogP contribution in [0.25, 0.3) is 0 Å². The molecule has 154 valence electrons. The second kappa shape index (κ2) is 8.55. The zero-order chi connectivity index (χ0) is 20.5. The molecule has 0 radical (unpaired) electrons. The van der Waals surface area contributed by atoms with Gasteiger partial charge >= 0.3 is 0 Å². The standard InChI is InChI=1S/C23H27Cl2N3O/c1-15(2)27-9-7-19(8-10-27)26-23(29)22-11-16-5-3-4-6-21(16)28(22)20-13-17(24)12-18(25)14-20/h3-6,12-15,19,22H,7-11H2,1-2H3,(H,26,29). The van der Waals surface area contributed by atoms with E-state index in [9.17, 15) is 4.79 Å². The first-order valence-electron chi connectivity index (χ1n) is 10.3. The van der Waals surface area contributed by atoms with E-state index in [1.54, 1.807) is 6.07 Å². The summed E-state index contributed by atoms with van der Waals surface area (Å²) in [5.41, 5.74) is 3.06. The predicted octanol–water partition coefficient (Wildman–Crippen LogP) is 5.05. The fourth-order valence-corrected chi connectivity index (χ4v) is 4.97. The molecule has 1 fully saturated rings. The lowest BCUT2D eigenvalue weighted by Crippen LogP contribution is -2.51. The van der Waals surface area contributed by atoms with E-state index >= 15 is 0 Å². The molecule has 6 heteroatoms. The van der Waals surface area contributed by atoms with E-state index in [0.29, 0.717) is 22.5 Å². The summed E-state index contributed by atoms with van der Waals surface area (Å²) < 4.78 is 0. The average molecular weight is 432 g/mol. The van der Waals surface area contributed by atoms with Crippen molar-refractivity contribution in [3.63, 3.8) is 0 Å². The Morgan fingerprint density at radius 2 is 1.72 bits per heavy atom. The van der Waals surface area contributed by atoms with Gasteiger partial charge in [0.25, 0.3) is 0 Å². The van der Waals surface area contributed by atoms with Crippen molar-refractivity contribution >= 4 is 40.5 Å². The van der Waals surface area contributed by atoms with Gasteiger partial charge in [-0.3, -0.25) is 4.79 Å². The lowest BCUT2D eigenvalue weighted by molar-refractivity contribution is -0.123. The molecule has 0 aromatic heterocycles. The van der Waals surface area contributed by atoms with Crippen molar-refractivity contribution in [1.29, 1.82) is 0 Å². The van der Waals surface area contributed by atoms with Crippen LogP contribution in [0.3, 0.4) is 0 Å². The van der Waals surface area contributed by atoms with Crippen molar-refractivity contribution in [2.24, 2.45) is 0 Å². The minimum absolute atomic E-state index is 0.0697. The summed E-state index contributed by atoms with van der Waals surface area (Å²) in [6, 6.07) is 14.1. The number of likely N-dealkylation sites (tertiary alicyclic amines) is 1. The third kappa shape index (κ3) is 4.40. The van der Waals surface area contributed by atoms with Crippen molar-refractivity contribution in [3.8, 4) is 0 Å². The number of hydrogen-bond donors (Lipinski definition) is 1. The molecule has 0 saturated carbocycles. The summed E-state index contributed by atoms with van der Waals surface area (Å²) in [5, 5.41) is 4.44. The van der Waals surface area contributed by atoms with Crippen LogP contribution in [0, 0.1) is 0 Å². The molecular weight excluding hydrogens is 405 g/mol. The Morgan fingerprint density at radius 3 is 2.38 bits per heavy atom. The second-order valence-electron chi connectivity index (χ2n) is 8.26. The van der Waals surface area contributed by atoms with Crippen LogP contribution in [-0.4, -0.2) is 42.0 Å². The minimum atomic E-state index is -0.301. The number of carbonyl (C=O) groups excluding carboxylic acids is 1. The Bertz CT molecular complexity index is 873. The van der Waals surface area contributed by atoms with Crippen molar-refractivity contribution in [2.45, 2.75) is 51.2 Å². The molecule has 29 heavy (non-hydrogen) atoms. The van der Waals surface area contributed by atoms with Gasteiger partial charge in [0.15, 0.2) is 0 Å². The van der Waals surface area contributed by atoms with Gasteiger partial charge in [0.1, 0.15) is 6.04 Å². The molecule has 2 aromatic rings. The fraction of sp³-hybridized carbons (Fsp3) is 0.435. The Morgan fingerprint density at radius 1 is 1.07 bits per heavy atom. The number of anilines is 2. The fourth-order valence-electron chi connectivity index (χ4n) is 4.45. The van der Waals surface area contributed by atoms with Crippen molar-refractivity contribution in [3.05, 3.63) is 58.1 Å². The van der Waals surface area contributed by atoms with Crippen LogP contribution in [0.5, 0.6) is 0 Å². The van der Waals surface area contributed by atoms with E-state index in [-0.39, 0.29) is 18.0 Å². The first-order valence-corrected chi connectivity index (χ1v) is 11.1. The van der Waals surface area contributed by atoms with E-state index in [1.165, 1.54) is 5.56 Å². The summed E-state index contributed by atoms with van der Waals surface area (Å²) in [6.45, 7) is 6.51. The van der Waals surface area contributed by atoms with Gasteiger partial charge in [0.2, 0.25) is 5.91 Å². The lowest BCUT2D eigenvalue weighted by atomic mass is 10.0. The maximum absolute atomic E-state index is 13.3. The molecule has 1 saturated heterocycles. The first kappa shape index (κ1) is 20.5. The van der Waals surface area contributed by atoms with Gasteiger partial charge < -0.3 is 15.1 Å². The molecule has 0 aliphatic carbocycles. The van der Waals surface area contributed by atoms with Gasteiger partial charge in [-0.25, -0.2) is 0 Å². The first-order chi connectivity index (χ1) is 13.9. The van der Waals surface area contributed by atoms with Gasteiger partial charge in [-0.1, -0.05) is 41.4 Å². The summed E-state index contributed by atoms with van der Waals surface area (Å²) in [4.78, 5) is 17.9. The number of hydrogen-bond acceptors (Lipinski definition) is 3. The van der Waals surface area contributed by atoms with Crippen LogP contribution >= 0.6 is 23.2 Å².